The molecule has 5 saturated carbocycles. The van der Waals surface area contributed by atoms with Gasteiger partial charge in [0.05, 0.1) is 50.2 Å². The number of hydrogen-bond donors (Lipinski definition) is 2. The predicted molar refractivity (Wildman–Crippen MR) is 182 cm³/mol. The monoisotopic (exact) mass is 684 g/mol. The zero-order chi connectivity index (χ0) is 34.9. The summed E-state index contributed by atoms with van der Waals surface area (Å²) in [7, 11) is 0. The molecule has 9 heteroatoms. The number of morpholine rings is 1. The van der Waals surface area contributed by atoms with Crippen molar-refractivity contribution in [1.82, 2.24) is 4.90 Å². The Morgan fingerprint density at radius 2 is 1.88 bits per heavy atom. The Labute approximate surface area is 294 Å². The summed E-state index contributed by atoms with van der Waals surface area (Å²) in [6.45, 7) is 21.2. The summed E-state index contributed by atoms with van der Waals surface area (Å²) in [5, 5.41) is 23.7. The molecule has 11 atom stereocenters. The van der Waals surface area contributed by atoms with Crippen molar-refractivity contribution in [2.75, 3.05) is 32.9 Å². The maximum atomic E-state index is 12.6. The molecular formula is C40H62NO8. The van der Waals surface area contributed by atoms with Crippen molar-refractivity contribution in [3.63, 3.8) is 0 Å². The first-order chi connectivity index (χ1) is 23.0. The van der Waals surface area contributed by atoms with Crippen LogP contribution in [-0.2, 0) is 28.5 Å². The van der Waals surface area contributed by atoms with Crippen molar-refractivity contribution >= 4 is 5.97 Å². The van der Waals surface area contributed by atoms with Gasteiger partial charge in [0.25, 0.3) is 0 Å². The number of nitrogens with zero attached hydrogens (tertiary/aromatic N) is 1. The highest BCUT2D eigenvalue weighted by Crippen LogP contribution is 2.90. The lowest BCUT2D eigenvalue weighted by atomic mass is 9.41. The standard InChI is InChI=1S/C40H62NO8/c1-9-29(42)49-34(36(5,6)44)25-18-23(2)31-32(47-25)33(43)38(8)27-11-10-26-35(3,4)28(48-30-19-41(16-17-46-30)24-20-45-21-24)12-13-39(26)22-40(27,39)15-14-37(31,38)7/h23-24,26,28,30-31,33-34,43-44H,9-22H2,1-8H3/t23-,26+,28?,30+,31+,33+,34+,37-,38-,39-,40+/m1/s1. The Kier molecular flexibility index (Phi) is 8.34. The van der Waals surface area contributed by atoms with Crippen molar-refractivity contribution in [2.24, 2.45) is 44.8 Å². The highest BCUT2D eigenvalue weighted by atomic mass is 16.7. The fourth-order valence-corrected chi connectivity index (χ4v) is 13.3. The number of carbonyl (C=O) groups excluding carboxylic acids is 1. The number of fused-ring (bicyclic) bond motifs is 4. The summed E-state index contributed by atoms with van der Waals surface area (Å²) in [5.41, 5.74) is -1.40. The lowest BCUT2D eigenvalue weighted by Crippen LogP contribution is -2.60. The Morgan fingerprint density at radius 3 is 2.55 bits per heavy atom. The number of carbonyl (C=O) groups is 1. The average Bonchev–Trinajstić information content (AvgIpc) is 3.64. The molecule has 8 aliphatic rings. The van der Waals surface area contributed by atoms with Crippen LogP contribution in [0, 0.1) is 63.0 Å². The van der Waals surface area contributed by atoms with Crippen molar-refractivity contribution in [2.45, 2.75) is 149 Å². The molecule has 3 saturated heterocycles. The van der Waals surface area contributed by atoms with Crippen LogP contribution >= 0.6 is 0 Å². The topological polar surface area (TPSA) is 107 Å². The van der Waals surface area contributed by atoms with Crippen LogP contribution in [0.15, 0.2) is 0 Å². The molecule has 49 heavy (non-hydrogen) atoms. The quantitative estimate of drug-likeness (QED) is 0.331. The minimum atomic E-state index is -1.31. The summed E-state index contributed by atoms with van der Waals surface area (Å²) in [5.74, 6) is 2.08. The lowest BCUT2D eigenvalue weighted by Gasteiger charge is -2.63. The van der Waals surface area contributed by atoms with E-state index in [0.717, 1.165) is 58.1 Å². The Bertz CT molecular complexity index is 1300. The second-order valence-corrected chi connectivity index (χ2v) is 19.0. The summed E-state index contributed by atoms with van der Waals surface area (Å²) < 4.78 is 31.1. The Balaban J connectivity index is 1.02. The van der Waals surface area contributed by atoms with Gasteiger partial charge in [-0.15, -0.1) is 0 Å². The van der Waals surface area contributed by atoms with Gasteiger partial charge in [0.15, 0.2) is 12.4 Å². The van der Waals surface area contributed by atoms with Crippen molar-refractivity contribution in [3.05, 3.63) is 18.1 Å². The van der Waals surface area contributed by atoms with Crippen LogP contribution in [0.2, 0.25) is 0 Å². The smallest absolute Gasteiger partial charge is 0.305 e. The third-order valence-electron chi connectivity index (χ3n) is 16.0. The number of hydrogen-bond acceptors (Lipinski definition) is 9. The van der Waals surface area contributed by atoms with Gasteiger partial charge < -0.3 is 33.9 Å². The summed E-state index contributed by atoms with van der Waals surface area (Å²) in [6.07, 6.45) is 8.32. The molecule has 5 aliphatic carbocycles. The zero-order valence-electron chi connectivity index (χ0n) is 31.3. The van der Waals surface area contributed by atoms with Crippen LogP contribution in [0.5, 0.6) is 0 Å². The Morgan fingerprint density at radius 1 is 1.12 bits per heavy atom. The van der Waals surface area contributed by atoms with E-state index in [1.807, 2.05) is 0 Å². The normalized spacial score (nSPS) is 48.0. The van der Waals surface area contributed by atoms with Crippen LogP contribution in [0.4, 0.5) is 0 Å². The zero-order valence-corrected chi connectivity index (χ0v) is 31.3. The molecule has 3 radical (unpaired) electrons. The predicted octanol–water partition coefficient (Wildman–Crippen LogP) is 5.62. The first-order valence-electron chi connectivity index (χ1n) is 19.5. The van der Waals surface area contributed by atoms with Gasteiger partial charge in [-0.1, -0.05) is 41.5 Å². The number of aliphatic hydroxyl groups is 2. The molecule has 0 amide bonds. The van der Waals surface area contributed by atoms with Gasteiger partial charge in [0, 0.05) is 24.3 Å². The van der Waals surface area contributed by atoms with E-state index in [1.54, 1.807) is 26.7 Å². The molecule has 9 nitrogen and oxygen atoms in total. The number of aliphatic hydroxyl groups excluding tert-OH is 1. The van der Waals surface area contributed by atoms with Crippen LogP contribution in [0.25, 0.3) is 0 Å². The fraction of sp³-hybridized carbons (Fsp3) is 0.900. The van der Waals surface area contributed by atoms with E-state index in [2.05, 4.69) is 39.5 Å². The number of ether oxygens (including phenoxy) is 5. The number of rotatable bonds is 7. The molecule has 3 heterocycles. The van der Waals surface area contributed by atoms with E-state index in [9.17, 15) is 15.0 Å². The van der Waals surface area contributed by atoms with E-state index in [0.29, 0.717) is 31.1 Å². The van der Waals surface area contributed by atoms with Gasteiger partial charge in [-0.25, -0.2) is 0 Å². The SMILES string of the molecule is CCC(=O)O[C@@H]([C]1C[C@@H](C)[C@H]2[C](O1)[C@H](O)[C@@]1(C)[C]3CC[C@H]4C(C)(C)C(O[C@H]5CN(C6COC6)CCO5)CC[C@@]45C[C@@]35CC[C@]21C)C(C)(C)O. The van der Waals surface area contributed by atoms with E-state index in [1.165, 1.54) is 19.3 Å². The first kappa shape index (κ1) is 35.2. The van der Waals surface area contributed by atoms with Crippen LogP contribution in [0.3, 0.4) is 0 Å². The summed E-state index contributed by atoms with van der Waals surface area (Å²) in [6, 6.07) is 0.502. The third kappa shape index (κ3) is 4.83. The molecule has 0 aromatic carbocycles. The van der Waals surface area contributed by atoms with E-state index < -0.39 is 23.2 Å². The molecule has 0 bridgehead atoms. The van der Waals surface area contributed by atoms with Gasteiger partial charge in [-0.05, 0) is 105 Å². The van der Waals surface area contributed by atoms with E-state index in [4.69, 9.17) is 23.7 Å². The molecule has 8 fully saturated rings. The van der Waals surface area contributed by atoms with Crippen molar-refractivity contribution in [1.29, 1.82) is 0 Å². The Hall–Kier alpha value is -0.810. The van der Waals surface area contributed by atoms with Crippen LogP contribution < -0.4 is 0 Å². The molecule has 2 N–H and O–H groups in total. The fourth-order valence-electron chi connectivity index (χ4n) is 13.3. The lowest BCUT2D eigenvalue weighted by molar-refractivity contribution is -0.252. The van der Waals surface area contributed by atoms with Gasteiger partial charge in [0.2, 0.25) is 0 Å². The summed E-state index contributed by atoms with van der Waals surface area (Å²) in [4.78, 5) is 14.9. The molecule has 275 valence electrons. The molecule has 8 rings (SSSR count). The second kappa shape index (κ2) is 11.6. The minimum absolute atomic E-state index is 0.0285. The largest absolute Gasteiger partial charge is 0.456 e. The van der Waals surface area contributed by atoms with Gasteiger partial charge in [-0.3, -0.25) is 9.69 Å². The van der Waals surface area contributed by atoms with Gasteiger partial charge in [-0.2, -0.15) is 0 Å². The summed E-state index contributed by atoms with van der Waals surface area (Å²) >= 11 is 0. The van der Waals surface area contributed by atoms with Crippen molar-refractivity contribution < 1.29 is 38.7 Å². The molecule has 2 spiro atoms. The van der Waals surface area contributed by atoms with Crippen molar-refractivity contribution in [3.8, 4) is 0 Å². The van der Waals surface area contributed by atoms with Gasteiger partial charge in [0.1, 0.15) is 12.2 Å². The molecule has 0 aromatic rings. The first-order valence-corrected chi connectivity index (χ1v) is 19.5. The molecule has 1 unspecified atom stereocenters. The highest BCUT2D eigenvalue weighted by molar-refractivity contribution is 5.69. The maximum absolute atomic E-state index is 12.6. The highest BCUT2D eigenvalue weighted by Gasteiger charge is 2.85. The molecular weight excluding hydrogens is 622 g/mol. The molecule has 3 aliphatic heterocycles. The van der Waals surface area contributed by atoms with Crippen LogP contribution in [0.1, 0.15) is 113 Å². The minimum Gasteiger partial charge on any atom is -0.456 e. The second-order valence-electron chi connectivity index (χ2n) is 19.0. The van der Waals surface area contributed by atoms with E-state index in [-0.39, 0.29) is 58.3 Å². The maximum Gasteiger partial charge on any atom is 0.305 e. The van der Waals surface area contributed by atoms with Crippen LogP contribution in [-0.4, -0.2) is 90.2 Å². The van der Waals surface area contributed by atoms with E-state index >= 15 is 0 Å². The molecule has 0 aromatic heterocycles. The average molecular weight is 685 g/mol. The third-order valence-corrected chi connectivity index (χ3v) is 16.0. The number of esters is 1. The van der Waals surface area contributed by atoms with Gasteiger partial charge >= 0.3 is 5.97 Å².